The lowest BCUT2D eigenvalue weighted by Crippen LogP contribution is -2.26. The fraction of sp³-hybridized carbons (Fsp3) is 0.733. The molecule has 0 aliphatic heterocycles. The summed E-state index contributed by atoms with van der Waals surface area (Å²) in [6, 6.07) is 6.34. The number of hydrogen-bond acceptors (Lipinski definition) is 5. The average molecular weight is 503 g/mol. The van der Waals surface area contributed by atoms with Crippen LogP contribution in [0, 0.1) is 17.8 Å². The topological polar surface area (TPSA) is 82.1 Å². The summed E-state index contributed by atoms with van der Waals surface area (Å²) in [5.41, 5.74) is 2.77. The molecule has 36 heavy (non-hydrogen) atoms. The maximum atomic E-state index is 11.4. The first-order valence-electron chi connectivity index (χ1n) is 14.2. The molecule has 1 aromatic rings. The third-order valence-corrected chi connectivity index (χ3v) is 8.34. The minimum atomic E-state index is -1.14. The van der Waals surface area contributed by atoms with Gasteiger partial charge in [-0.2, -0.15) is 0 Å². The summed E-state index contributed by atoms with van der Waals surface area (Å²) in [6.45, 7) is 2.28. The molecule has 3 unspecified atom stereocenters. The zero-order valence-corrected chi connectivity index (χ0v) is 22.3. The normalized spacial score (nSPS) is 22.7. The van der Waals surface area contributed by atoms with Gasteiger partial charge in [0, 0.05) is 0 Å². The number of fused-ring (bicyclic) bond motifs is 2. The van der Waals surface area contributed by atoms with Gasteiger partial charge in [0.25, 0.3) is 0 Å². The molecule has 0 radical (unpaired) electrons. The Balaban J connectivity index is 0.000000338. The van der Waals surface area contributed by atoms with Gasteiger partial charge in [-0.15, -0.1) is 0 Å². The zero-order valence-electron chi connectivity index (χ0n) is 22.3. The first kappa shape index (κ1) is 28.3. The Morgan fingerprint density at radius 3 is 2.44 bits per heavy atom. The second-order valence-electron chi connectivity index (χ2n) is 10.8. The molecule has 3 aliphatic carbocycles. The summed E-state index contributed by atoms with van der Waals surface area (Å²) >= 11 is 0. The van der Waals surface area contributed by atoms with Crippen LogP contribution >= 0.6 is 0 Å². The highest BCUT2D eigenvalue weighted by molar-refractivity contribution is 5.71. The highest BCUT2D eigenvalue weighted by Gasteiger charge is 2.39. The van der Waals surface area contributed by atoms with E-state index < -0.39 is 6.16 Å². The van der Waals surface area contributed by atoms with Crippen molar-refractivity contribution in [2.24, 2.45) is 17.8 Å². The summed E-state index contributed by atoms with van der Waals surface area (Å²) < 4.78 is 15.0. The van der Waals surface area contributed by atoms with Crippen LogP contribution in [-0.4, -0.2) is 37.1 Å². The molecule has 4 rings (SSSR count). The van der Waals surface area contributed by atoms with Gasteiger partial charge in [0.15, 0.2) is 6.61 Å². The van der Waals surface area contributed by atoms with Crippen molar-refractivity contribution in [2.45, 2.75) is 109 Å². The lowest BCUT2D eigenvalue weighted by Gasteiger charge is -2.32. The standard InChI is InChI=1S/C24H36O3.C6H10O3/c1-3-4-5-6-7-8-10-18-13-14-20-16-22-19(15-21(18)20)11-9-12-23(22)27-17-24(25)26-2;7-6(8)9-5-3-1-2-4-5/h9,11-12,18,20-21H,3-8,10,13-17H2,1-2H3;5H,1-4H2,(H,7,8). The van der Waals surface area contributed by atoms with Crippen molar-refractivity contribution >= 4 is 12.1 Å². The van der Waals surface area contributed by atoms with Crippen molar-refractivity contribution in [3.63, 3.8) is 0 Å². The molecule has 3 atom stereocenters. The molecule has 6 heteroatoms. The Morgan fingerprint density at radius 1 is 0.972 bits per heavy atom. The van der Waals surface area contributed by atoms with Gasteiger partial charge in [-0.3, -0.25) is 0 Å². The molecule has 202 valence electrons. The smallest absolute Gasteiger partial charge is 0.482 e. The third kappa shape index (κ3) is 8.70. The predicted molar refractivity (Wildman–Crippen MR) is 140 cm³/mol. The third-order valence-electron chi connectivity index (χ3n) is 8.34. The number of unbranched alkanes of at least 4 members (excludes halogenated alkanes) is 5. The van der Waals surface area contributed by atoms with Crippen LogP contribution in [0.5, 0.6) is 5.75 Å². The largest absolute Gasteiger partial charge is 0.506 e. The number of carbonyl (C=O) groups is 2. The first-order valence-corrected chi connectivity index (χ1v) is 14.2. The average Bonchev–Trinajstić information content (AvgIpc) is 3.53. The van der Waals surface area contributed by atoms with E-state index in [0.717, 1.165) is 55.6 Å². The molecule has 0 heterocycles. The van der Waals surface area contributed by atoms with E-state index in [1.807, 2.05) is 6.07 Å². The van der Waals surface area contributed by atoms with E-state index in [-0.39, 0.29) is 18.7 Å². The molecule has 1 N–H and O–H groups in total. The summed E-state index contributed by atoms with van der Waals surface area (Å²) in [6.07, 6.45) is 17.7. The molecule has 2 fully saturated rings. The Labute approximate surface area is 217 Å². The van der Waals surface area contributed by atoms with Gasteiger partial charge in [-0.1, -0.05) is 64.0 Å². The molecule has 6 nitrogen and oxygen atoms in total. The minimum absolute atomic E-state index is 0.00169. The highest BCUT2D eigenvalue weighted by Crippen LogP contribution is 2.48. The predicted octanol–water partition coefficient (Wildman–Crippen LogP) is 7.35. The number of hydrogen-bond donors (Lipinski definition) is 1. The van der Waals surface area contributed by atoms with E-state index in [2.05, 4.69) is 23.8 Å². The van der Waals surface area contributed by atoms with Crippen LogP contribution in [0.3, 0.4) is 0 Å². The van der Waals surface area contributed by atoms with E-state index in [1.54, 1.807) is 0 Å². The van der Waals surface area contributed by atoms with Gasteiger partial charge in [0.05, 0.1) is 7.11 Å². The monoisotopic (exact) mass is 502 g/mol. The Kier molecular flexibility index (Phi) is 11.9. The molecular formula is C30H46O6. The maximum absolute atomic E-state index is 11.4. The second kappa shape index (κ2) is 15.1. The van der Waals surface area contributed by atoms with Crippen LogP contribution in [0.25, 0.3) is 0 Å². The maximum Gasteiger partial charge on any atom is 0.506 e. The Hall–Kier alpha value is -2.24. The molecule has 0 saturated heterocycles. The number of methoxy groups -OCH3 is 1. The van der Waals surface area contributed by atoms with Gasteiger partial charge < -0.3 is 19.3 Å². The van der Waals surface area contributed by atoms with Gasteiger partial charge in [-0.25, -0.2) is 9.59 Å². The summed E-state index contributed by atoms with van der Waals surface area (Å²) in [5.74, 6) is 3.13. The molecule has 0 amide bonds. The highest BCUT2D eigenvalue weighted by atomic mass is 16.7. The molecule has 0 bridgehead atoms. The van der Waals surface area contributed by atoms with Gasteiger partial charge in [0.2, 0.25) is 0 Å². The molecule has 0 aromatic heterocycles. The summed E-state index contributed by atoms with van der Waals surface area (Å²) in [7, 11) is 1.40. The second-order valence-corrected chi connectivity index (χ2v) is 10.8. The Morgan fingerprint density at radius 2 is 1.72 bits per heavy atom. The molecule has 2 saturated carbocycles. The number of esters is 1. The quantitative estimate of drug-likeness (QED) is 0.251. The number of carbonyl (C=O) groups excluding carboxylic acids is 1. The number of carboxylic acid groups (broad SMARTS) is 1. The number of ether oxygens (including phenoxy) is 3. The van der Waals surface area contributed by atoms with Crippen LogP contribution in [0.15, 0.2) is 18.2 Å². The van der Waals surface area contributed by atoms with Crippen LogP contribution < -0.4 is 4.74 Å². The molecule has 1 aromatic carbocycles. The van der Waals surface area contributed by atoms with E-state index >= 15 is 0 Å². The van der Waals surface area contributed by atoms with Crippen molar-refractivity contribution < 1.29 is 28.9 Å². The van der Waals surface area contributed by atoms with Crippen LogP contribution in [0.1, 0.15) is 102 Å². The lowest BCUT2D eigenvalue weighted by molar-refractivity contribution is -0.142. The van der Waals surface area contributed by atoms with Crippen molar-refractivity contribution in [1.29, 1.82) is 0 Å². The lowest BCUT2D eigenvalue weighted by atomic mass is 9.73. The fourth-order valence-corrected chi connectivity index (χ4v) is 6.40. The minimum Gasteiger partial charge on any atom is -0.482 e. The van der Waals surface area contributed by atoms with E-state index in [9.17, 15) is 9.59 Å². The van der Waals surface area contributed by atoms with Gasteiger partial charge in [0.1, 0.15) is 11.9 Å². The molecular weight excluding hydrogens is 456 g/mol. The number of rotatable bonds is 11. The van der Waals surface area contributed by atoms with Crippen molar-refractivity contribution in [1.82, 2.24) is 0 Å². The van der Waals surface area contributed by atoms with Crippen LogP contribution in [-0.2, 0) is 27.1 Å². The van der Waals surface area contributed by atoms with E-state index in [4.69, 9.17) is 14.6 Å². The van der Waals surface area contributed by atoms with Gasteiger partial charge in [-0.05, 0) is 86.3 Å². The van der Waals surface area contributed by atoms with Crippen LogP contribution in [0.4, 0.5) is 4.79 Å². The SMILES string of the molecule is CCCCCCCCC1CCC2Cc3c(cccc3OCC(=O)OC)CC12.O=C(O)OC1CCCC1. The van der Waals surface area contributed by atoms with Crippen LogP contribution in [0.2, 0.25) is 0 Å². The van der Waals surface area contributed by atoms with Gasteiger partial charge >= 0.3 is 12.1 Å². The van der Waals surface area contributed by atoms with Crippen molar-refractivity contribution in [3.8, 4) is 5.75 Å². The zero-order chi connectivity index (χ0) is 25.8. The summed E-state index contributed by atoms with van der Waals surface area (Å²) in [5, 5.41) is 8.15. The Bertz CT molecular complexity index is 816. The first-order chi connectivity index (χ1) is 17.5. The number of benzene rings is 1. The molecule has 0 spiro atoms. The van der Waals surface area contributed by atoms with Crippen molar-refractivity contribution in [2.75, 3.05) is 13.7 Å². The molecule has 3 aliphatic rings. The fourth-order valence-electron chi connectivity index (χ4n) is 6.40. The van der Waals surface area contributed by atoms with E-state index in [0.29, 0.717) is 0 Å². The summed E-state index contributed by atoms with van der Waals surface area (Å²) in [4.78, 5) is 21.3. The van der Waals surface area contributed by atoms with E-state index in [1.165, 1.54) is 82.4 Å². The van der Waals surface area contributed by atoms with Crippen molar-refractivity contribution in [3.05, 3.63) is 29.3 Å².